The van der Waals surface area contributed by atoms with E-state index in [-0.39, 0.29) is 11.9 Å². The summed E-state index contributed by atoms with van der Waals surface area (Å²) < 4.78 is 5.69. The Kier molecular flexibility index (Phi) is 4.35. The number of benzene rings is 1. The highest BCUT2D eigenvalue weighted by molar-refractivity contribution is 6.32. The highest BCUT2D eigenvalue weighted by Crippen LogP contribution is 2.30. The van der Waals surface area contributed by atoms with E-state index in [2.05, 4.69) is 0 Å². The molecular formula is C15H20ClNO2. The first-order valence-corrected chi connectivity index (χ1v) is 7.12. The third-order valence-electron chi connectivity index (χ3n) is 3.24. The molecule has 1 atom stereocenters. The molecule has 1 saturated carbocycles. The van der Waals surface area contributed by atoms with Crippen LogP contribution in [0.2, 0.25) is 5.02 Å². The first kappa shape index (κ1) is 14.2. The lowest BCUT2D eigenvalue weighted by Gasteiger charge is -2.29. The number of ether oxygens (including phenoxy) is 1. The molecule has 1 aromatic carbocycles. The first-order chi connectivity index (χ1) is 9.00. The first-order valence-electron chi connectivity index (χ1n) is 6.74. The lowest BCUT2D eigenvalue weighted by Crippen LogP contribution is -2.45. The van der Waals surface area contributed by atoms with Crippen LogP contribution in [-0.4, -0.2) is 29.0 Å². The maximum Gasteiger partial charge on any atom is 0.263 e. The summed E-state index contributed by atoms with van der Waals surface area (Å²) in [5, 5.41) is 0.532. The van der Waals surface area contributed by atoms with Crippen LogP contribution in [0.4, 0.5) is 0 Å². The standard InChI is InChI=1S/C15H20ClNO2/c1-10(2)17(12-8-9-12)15(18)11(3)19-14-7-5-4-6-13(14)16/h4-7,10-12H,8-9H2,1-3H3. The highest BCUT2D eigenvalue weighted by atomic mass is 35.5. The van der Waals surface area contributed by atoms with Gasteiger partial charge in [0.1, 0.15) is 5.75 Å². The molecule has 0 aliphatic heterocycles. The van der Waals surface area contributed by atoms with Crippen molar-refractivity contribution in [3.8, 4) is 5.75 Å². The lowest BCUT2D eigenvalue weighted by molar-refractivity contribution is -0.140. The molecule has 4 heteroatoms. The number of hydrogen-bond donors (Lipinski definition) is 0. The molecule has 0 bridgehead atoms. The van der Waals surface area contributed by atoms with Crippen LogP contribution in [-0.2, 0) is 4.79 Å². The zero-order valence-electron chi connectivity index (χ0n) is 11.6. The van der Waals surface area contributed by atoms with Gasteiger partial charge in [0.15, 0.2) is 6.10 Å². The normalized spacial score (nSPS) is 16.3. The van der Waals surface area contributed by atoms with Gasteiger partial charge in [0.2, 0.25) is 0 Å². The Morgan fingerprint density at radius 1 is 1.32 bits per heavy atom. The van der Waals surface area contributed by atoms with Gasteiger partial charge in [-0.1, -0.05) is 23.7 Å². The lowest BCUT2D eigenvalue weighted by atomic mass is 10.2. The Morgan fingerprint density at radius 2 is 1.95 bits per heavy atom. The van der Waals surface area contributed by atoms with Crippen LogP contribution in [0.3, 0.4) is 0 Å². The Bertz CT molecular complexity index is 455. The molecule has 1 fully saturated rings. The van der Waals surface area contributed by atoms with Gasteiger partial charge in [0, 0.05) is 12.1 Å². The van der Waals surface area contributed by atoms with Crippen molar-refractivity contribution in [3.05, 3.63) is 29.3 Å². The fraction of sp³-hybridized carbons (Fsp3) is 0.533. The molecule has 0 radical (unpaired) electrons. The third kappa shape index (κ3) is 3.41. The number of hydrogen-bond acceptors (Lipinski definition) is 2. The van der Waals surface area contributed by atoms with Crippen LogP contribution in [0.15, 0.2) is 24.3 Å². The summed E-state index contributed by atoms with van der Waals surface area (Å²) in [5.41, 5.74) is 0. The van der Waals surface area contributed by atoms with Crippen molar-refractivity contribution in [2.75, 3.05) is 0 Å². The maximum atomic E-state index is 12.4. The maximum absolute atomic E-state index is 12.4. The summed E-state index contributed by atoms with van der Waals surface area (Å²) in [6.07, 6.45) is 1.69. The van der Waals surface area contributed by atoms with Gasteiger partial charge in [-0.15, -0.1) is 0 Å². The fourth-order valence-corrected chi connectivity index (χ4v) is 2.38. The number of carbonyl (C=O) groups is 1. The molecule has 0 saturated heterocycles. The molecule has 0 aromatic heterocycles. The Morgan fingerprint density at radius 3 is 2.47 bits per heavy atom. The van der Waals surface area contributed by atoms with E-state index in [0.29, 0.717) is 16.8 Å². The predicted molar refractivity (Wildman–Crippen MR) is 76.5 cm³/mol. The van der Waals surface area contributed by atoms with Gasteiger partial charge in [0.05, 0.1) is 5.02 Å². The van der Waals surface area contributed by atoms with Gasteiger partial charge in [0.25, 0.3) is 5.91 Å². The summed E-state index contributed by atoms with van der Waals surface area (Å²) in [6, 6.07) is 7.83. The molecule has 2 rings (SSSR count). The molecule has 0 spiro atoms. The van der Waals surface area contributed by atoms with E-state index >= 15 is 0 Å². The zero-order chi connectivity index (χ0) is 14.0. The van der Waals surface area contributed by atoms with E-state index in [1.807, 2.05) is 30.9 Å². The minimum absolute atomic E-state index is 0.0393. The monoisotopic (exact) mass is 281 g/mol. The second kappa shape index (κ2) is 5.83. The van der Waals surface area contributed by atoms with Crippen molar-refractivity contribution in [3.63, 3.8) is 0 Å². The van der Waals surface area contributed by atoms with Crippen molar-refractivity contribution in [1.82, 2.24) is 4.90 Å². The average molecular weight is 282 g/mol. The van der Waals surface area contributed by atoms with Crippen LogP contribution in [0.5, 0.6) is 5.75 Å². The van der Waals surface area contributed by atoms with Crippen LogP contribution < -0.4 is 4.74 Å². The Labute approximate surface area is 119 Å². The smallest absolute Gasteiger partial charge is 0.263 e. The van der Waals surface area contributed by atoms with Crippen LogP contribution in [0.25, 0.3) is 0 Å². The number of rotatable bonds is 5. The number of para-hydroxylation sites is 1. The second-order valence-electron chi connectivity index (χ2n) is 5.26. The molecule has 0 N–H and O–H groups in total. The molecule has 3 nitrogen and oxygen atoms in total. The van der Waals surface area contributed by atoms with Crippen molar-refractivity contribution >= 4 is 17.5 Å². The van der Waals surface area contributed by atoms with E-state index in [1.54, 1.807) is 19.1 Å². The molecule has 19 heavy (non-hydrogen) atoms. The van der Waals surface area contributed by atoms with Crippen LogP contribution in [0.1, 0.15) is 33.6 Å². The summed E-state index contributed by atoms with van der Waals surface area (Å²) in [6.45, 7) is 5.86. The van der Waals surface area contributed by atoms with Crippen molar-refractivity contribution in [2.45, 2.75) is 51.8 Å². The minimum atomic E-state index is -0.511. The van der Waals surface area contributed by atoms with Gasteiger partial charge >= 0.3 is 0 Å². The summed E-state index contributed by atoms with van der Waals surface area (Å²) >= 11 is 6.04. The number of halogens is 1. The quantitative estimate of drug-likeness (QED) is 0.827. The molecule has 1 unspecified atom stereocenters. The topological polar surface area (TPSA) is 29.5 Å². The number of carbonyl (C=O) groups excluding carboxylic acids is 1. The van der Waals surface area contributed by atoms with Crippen LogP contribution >= 0.6 is 11.6 Å². The Hall–Kier alpha value is -1.22. The summed E-state index contributed by atoms with van der Waals surface area (Å²) in [7, 11) is 0. The van der Waals surface area contributed by atoms with Gasteiger partial charge in [-0.2, -0.15) is 0 Å². The van der Waals surface area contributed by atoms with E-state index in [1.165, 1.54) is 0 Å². The molecule has 1 aliphatic rings. The van der Waals surface area contributed by atoms with E-state index in [0.717, 1.165) is 12.8 Å². The number of nitrogens with zero attached hydrogens (tertiary/aromatic N) is 1. The van der Waals surface area contributed by atoms with Gasteiger partial charge in [-0.25, -0.2) is 0 Å². The van der Waals surface area contributed by atoms with Crippen molar-refractivity contribution in [2.24, 2.45) is 0 Å². The SMILES string of the molecule is CC(Oc1ccccc1Cl)C(=O)N(C(C)C)C1CC1. The van der Waals surface area contributed by atoms with Gasteiger partial charge in [-0.05, 0) is 45.7 Å². The molecule has 1 aromatic rings. The average Bonchev–Trinajstić information content (AvgIpc) is 3.16. The molecular weight excluding hydrogens is 262 g/mol. The van der Waals surface area contributed by atoms with Gasteiger partial charge < -0.3 is 9.64 Å². The van der Waals surface area contributed by atoms with Crippen molar-refractivity contribution in [1.29, 1.82) is 0 Å². The highest BCUT2D eigenvalue weighted by Gasteiger charge is 2.36. The molecule has 0 heterocycles. The second-order valence-corrected chi connectivity index (χ2v) is 5.67. The zero-order valence-corrected chi connectivity index (χ0v) is 12.4. The largest absolute Gasteiger partial charge is 0.479 e. The van der Waals surface area contributed by atoms with E-state index < -0.39 is 6.10 Å². The summed E-state index contributed by atoms with van der Waals surface area (Å²) in [5.74, 6) is 0.599. The number of amides is 1. The predicted octanol–water partition coefficient (Wildman–Crippen LogP) is 3.51. The molecule has 1 aliphatic carbocycles. The van der Waals surface area contributed by atoms with E-state index in [9.17, 15) is 4.79 Å². The van der Waals surface area contributed by atoms with Gasteiger partial charge in [-0.3, -0.25) is 4.79 Å². The van der Waals surface area contributed by atoms with Crippen molar-refractivity contribution < 1.29 is 9.53 Å². The third-order valence-corrected chi connectivity index (χ3v) is 3.55. The molecule has 1 amide bonds. The summed E-state index contributed by atoms with van der Waals surface area (Å²) in [4.78, 5) is 14.4. The fourth-order valence-electron chi connectivity index (χ4n) is 2.20. The Balaban J connectivity index is 2.04. The molecule has 104 valence electrons. The van der Waals surface area contributed by atoms with E-state index in [4.69, 9.17) is 16.3 Å². The minimum Gasteiger partial charge on any atom is -0.479 e. The van der Waals surface area contributed by atoms with Crippen LogP contribution in [0, 0.1) is 0 Å².